The minimum absolute atomic E-state index is 0.0178. The highest BCUT2D eigenvalue weighted by molar-refractivity contribution is 5.97. The summed E-state index contributed by atoms with van der Waals surface area (Å²) in [5.74, 6) is -0.421. The third-order valence-electron chi connectivity index (χ3n) is 4.84. The monoisotopic (exact) mass is 380 g/mol. The van der Waals surface area contributed by atoms with Crippen molar-refractivity contribution in [3.8, 4) is 0 Å². The topological polar surface area (TPSA) is 58.2 Å². The third-order valence-corrected chi connectivity index (χ3v) is 4.84. The van der Waals surface area contributed by atoms with Gasteiger partial charge in [-0.1, -0.05) is 76.6 Å². The van der Waals surface area contributed by atoms with Gasteiger partial charge in [0, 0.05) is 12.1 Å². The summed E-state index contributed by atoms with van der Waals surface area (Å²) in [4.78, 5) is 25.3. The lowest BCUT2D eigenvalue weighted by atomic mass is 9.86. The average molecular weight is 381 g/mol. The molecule has 4 nitrogen and oxygen atoms in total. The molecule has 0 saturated carbocycles. The van der Waals surface area contributed by atoms with E-state index in [2.05, 4.69) is 31.4 Å². The van der Waals surface area contributed by atoms with Gasteiger partial charge in [-0.2, -0.15) is 0 Å². The van der Waals surface area contributed by atoms with Crippen LogP contribution < -0.4 is 10.6 Å². The molecular formula is C24H32N2O2. The summed E-state index contributed by atoms with van der Waals surface area (Å²) < 4.78 is 0. The number of nitrogens with one attached hydrogen (secondary N) is 2. The Kier molecular flexibility index (Phi) is 7.00. The zero-order valence-corrected chi connectivity index (χ0v) is 17.8. The summed E-state index contributed by atoms with van der Waals surface area (Å²) in [7, 11) is 0. The van der Waals surface area contributed by atoms with Gasteiger partial charge in [-0.05, 0) is 41.5 Å². The van der Waals surface area contributed by atoms with Crippen LogP contribution in [0.3, 0.4) is 0 Å². The van der Waals surface area contributed by atoms with Gasteiger partial charge in [0.1, 0.15) is 6.04 Å². The van der Waals surface area contributed by atoms with E-state index in [1.165, 1.54) is 11.1 Å². The molecule has 0 aliphatic rings. The van der Waals surface area contributed by atoms with Gasteiger partial charge in [0.05, 0.1) is 0 Å². The highest BCUT2D eigenvalue weighted by Crippen LogP contribution is 2.22. The first-order valence-corrected chi connectivity index (χ1v) is 9.82. The van der Waals surface area contributed by atoms with Crippen LogP contribution in [0, 0.1) is 12.8 Å². The van der Waals surface area contributed by atoms with E-state index < -0.39 is 6.04 Å². The molecule has 0 radical (unpaired) electrons. The van der Waals surface area contributed by atoms with Gasteiger partial charge in [-0.25, -0.2) is 0 Å². The summed E-state index contributed by atoms with van der Waals surface area (Å²) in [5.41, 5.74) is 3.97. The zero-order chi connectivity index (χ0) is 20.9. The number of hydrogen-bond acceptors (Lipinski definition) is 2. The Morgan fingerprint density at radius 2 is 1.50 bits per heavy atom. The Bertz CT molecular complexity index is 800. The van der Waals surface area contributed by atoms with Crippen molar-refractivity contribution in [1.29, 1.82) is 0 Å². The maximum absolute atomic E-state index is 12.7. The maximum atomic E-state index is 12.7. The number of amides is 2. The standard InChI is InChI=1S/C24H32N2O2/c1-16(2)21(23(28)25-15-18-9-7-17(3)8-10-18)26-22(27)19-11-13-20(14-12-19)24(4,5)6/h7-14,16,21H,15H2,1-6H3,(H,25,28)(H,26,27)/t21-/m0/s1. The van der Waals surface area contributed by atoms with Gasteiger partial charge >= 0.3 is 0 Å². The third kappa shape index (κ3) is 5.95. The van der Waals surface area contributed by atoms with Crippen LogP contribution >= 0.6 is 0 Å². The molecule has 0 saturated heterocycles. The lowest BCUT2D eigenvalue weighted by Crippen LogP contribution is -2.49. The van der Waals surface area contributed by atoms with Gasteiger partial charge < -0.3 is 10.6 Å². The van der Waals surface area contributed by atoms with Gasteiger partial charge in [0.15, 0.2) is 0 Å². The summed E-state index contributed by atoms with van der Waals surface area (Å²) in [6.07, 6.45) is 0. The Hall–Kier alpha value is -2.62. The molecule has 0 bridgehead atoms. The average Bonchev–Trinajstić information content (AvgIpc) is 2.64. The van der Waals surface area contributed by atoms with Gasteiger partial charge in [-0.15, -0.1) is 0 Å². The second-order valence-electron chi connectivity index (χ2n) is 8.73. The Balaban J connectivity index is 2.01. The minimum Gasteiger partial charge on any atom is -0.350 e. The summed E-state index contributed by atoms with van der Waals surface area (Å²) in [6, 6.07) is 15.0. The van der Waals surface area contributed by atoms with Crippen LogP contribution in [0.5, 0.6) is 0 Å². The fraction of sp³-hybridized carbons (Fsp3) is 0.417. The van der Waals surface area contributed by atoms with Gasteiger partial charge in [0.2, 0.25) is 5.91 Å². The number of carbonyl (C=O) groups is 2. The summed E-state index contributed by atoms with van der Waals surface area (Å²) >= 11 is 0. The molecular weight excluding hydrogens is 348 g/mol. The van der Waals surface area contributed by atoms with Crippen molar-refractivity contribution in [3.05, 3.63) is 70.8 Å². The molecule has 2 aromatic carbocycles. The van der Waals surface area contributed by atoms with E-state index in [0.717, 1.165) is 5.56 Å². The summed E-state index contributed by atoms with van der Waals surface area (Å²) in [5, 5.41) is 5.82. The molecule has 4 heteroatoms. The molecule has 2 rings (SSSR count). The van der Waals surface area contributed by atoms with Crippen LogP contribution in [-0.4, -0.2) is 17.9 Å². The fourth-order valence-electron chi connectivity index (χ4n) is 2.89. The Morgan fingerprint density at radius 3 is 2.00 bits per heavy atom. The molecule has 0 aliphatic carbocycles. The molecule has 2 N–H and O–H groups in total. The van der Waals surface area contributed by atoms with Crippen molar-refractivity contribution in [3.63, 3.8) is 0 Å². The van der Waals surface area contributed by atoms with E-state index in [1.807, 2.05) is 69.3 Å². The minimum atomic E-state index is -0.583. The summed E-state index contributed by atoms with van der Waals surface area (Å²) in [6.45, 7) is 12.7. The smallest absolute Gasteiger partial charge is 0.251 e. The molecule has 28 heavy (non-hydrogen) atoms. The lowest BCUT2D eigenvalue weighted by Gasteiger charge is -2.22. The van der Waals surface area contributed by atoms with Crippen molar-refractivity contribution in [2.75, 3.05) is 0 Å². The first-order valence-electron chi connectivity index (χ1n) is 9.82. The van der Waals surface area contributed by atoms with Crippen molar-refractivity contribution in [1.82, 2.24) is 10.6 Å². The van der Waals surface area contributed by atoms with Gasteiger partial charge in [-0.3, -0.25) is 9.59 Å². The van der Waals surface area contributed by atoms with E-state index >= 15 is 0 Å². The van der Waals surface area contributed by atoms with E-state index in [0.29, 0.717) is 12.1 Å². The Morgan fingerprint density at radius 1 is 0.929 bits per heavy atom. The second kappa shape index (κ2) is 9.05. The predicted octanol–water partition coefficient (Wildman–Crippen LogP) is 4.36. The number of aryl methyl sites for hydroxylation is 1. The van der Waals surface area contributed by atoms with Crippen molar-refractivity contribution < 1.29 is 9.59 Å². The van der Waals surface area contributed by atoms with E-state index in [9.17, 15) is 9.59 Å². The highest BCUT2D eigenvalue weighted by Gasteiger charge is 2.24. The zero-order valence-electron chi connectivity index (χ0n) is 17.8. The largest absolute Gasteiger partial charge is 0.350 e. The molecule has 1 atom stereocenters. The normalized spacial score (nSPS) is 12.5. The molecule has 0 heterocycles. The van der Waals surface area contributed by atoms with Crippen molar-refractivity contribution in [2.24, 2.45) is 5.92 Å². The van der Waals surface area contributed by atoms with Gasteiger partial charge in [0.25, 0.3) is 5.91 Å². The molecule has 2 aromatic rings. The molecule has 0 aliphatic heterocycles. The molecule has 2 amide bonds. The molecule has 0 spiro atoms. The first-order chi connectivity index (χ1) is 13.1. The van der Waals surface area contributed by atoms with Crippen LogP contribution in [0.25, 0.3) is 0 Å². The van der Waals surface area contributed by atoms with Crippen LogP contribution in [-0.2, 0) is 16.8 Å². The SMILES string of the molecule is Cc1ccc(CNC(=O)[C@@H](NC(=O)c2ccc(C(C)(C)C)cc2)C(C)C)cc1. The quantitative estimate of drug-likeness (QED) is 0.782. The fourth-order valence-corrected chi connectivity index (χ4v) is 2.89. The second-order valence-corrected chi connectivity index (χ2v) is 8.73. The molecule has 150 valence electrons. The maximum Gasteiger partial charge on any atom is 0.251 e. The number of carbonyl (C=O) groups excluding carboxylic acids is 2. The number of benzene rings is 2. The van der Waals surface area contributed by atoms with Crippen molar-refractivity contribution >= 4 is 11.8 Å². The van der Waals surface area contributed by atoms with E-state index in [4.69, 9.17) is 0 Å². The predicted molar refractivity (Wildman–Crippen MR) is 114 cm³/mol. The van der Waals surface area contributed by atoms with Crippen molar-refractivity contribution in [2.45, 2.75) is 59.5 Å². The molecule has 0 aromatic heterocycles. The van der Waals surface area contributed by atoms with Crippen LogP contribution in [0.2, 0.25) is 0 Å². The van der Waals surface area contributed by atoms with Crippen LogP contribution in [0.1, 0.15) is 61.7 Å². The molecule has 0 unspecified atom stereocenters. The van der Waals surface area contributed by atoms with Crippen LogP contribution in [0.4, 0.5) is 0 Å². The number of rotatable bonds is 6. The first kappa shape index (κ1) is 21.7. The van der Waals surface area contributed by atoms with E-state index in [1.54, 1.807) is 0 Å². The highest BCUT2D eigenvalue weighted by atomic mass is 16.2. The van der Waals surface area contributed by atoms with Crippen LogP contribution in [0.15, 0.2) is 48.5 Å². The molecule has 0 fully saturated rings. The van der Waals surface area contributed by atoms with E-state index in [-0.39, 0.29) is 23.1 Å². The Labute approximate surface area is 168 Å². The lowest BCUT2D eigenvalue weighted by molar-refractivity contribution is -0.124. The number of hydrogen-bond donors (Lipinski definition) is 2.